The lowest BCUT2D eigenvalue weighted by atomic mass is 9.75. The van der Waals surface area contributed by atoms with Crippen LogP contribution in [0.5, 0.6) is 11.5 Å². The molecule has 1 aliphatic heterocycles. The minimum Gasteiger partial charge on any atom is -0.456 e. The molecule has 0 aliphatic carbocycles. The van der Waals surface area contributed by atoms with Crippen LogP contribution in [-0.2, 0) is 5.41 Å². The summed E-state index contributed by atoms with van der Waals surface area (Å²) in [5.41, 5.74) is 11.8. The first-order valence-corrected chi connectivity index (χ1v) is 19.6. The molecule has 8 aromatic carbocycles. The van der Waals surface area contributed by atoms with Crippen LogP contribution in [0.3, 0.4) is 0 Å². The van der Waals surface area contributed by atoms with Crippen LogP contribution < -0.4 is 9.64 Å². The Balaban J connectivity index is 0.984. The molecule has 0 radical (unpaired) electrons. The zero-order chi connectivity index (χ0) is 36.7. The van der Waals surface area contributed by atoms with Gasteiger partial charge >= 0.3 is 0 Å². The Kier molecular flexibility index (Phi) is 7.07. The molecule has 11 rings (SSSR count). The van der Waals surface area contributed by atoms with Gasteiger partial charge in [0.15, 0.2) is 0 Å². The fourth-order valence-electron chi connectivity index (χ4n) is 8.48. The van der Waals surface area contributed by atoms with E-state index in [4.69, 9.17) is 9.15 Å². The molecule has 3 nitrogen and oxygen atoms in total. The van der Waals surface area contributed by atoms with Crippen molar-refractivity contribution in [2.45, 2.75) is 19.3 Å². The lowest BCUT2D eigenvalue weighted by Gasteiger charge is -2.35. The van der Waals surface area contributed by atoms with Crippen molar-refractivity contribution < 1.29 is 9.15 Å². The van der Waals surface area contributed by atoms with Crippen LogP contribution in [0.2, 0.25) is 0 Å². The van der Waals surface area contributed by atoms with Gasteiger partial charge in [-0.15, -0.1) is 11.3 Å². The number of hydrogen-bond donors (Lipinski definition) is 0. The Labute approximate surface area is 323 Å². The van der Waals surface area contributed by atoms with E-state index in [0.29, 0.717) is 0 Å². The third kappa shape index (κ3) is 5.10. The van der Waals surface area contributed by atoms with Crippen LogP contribution in [0.25, 0.3) is 64.4 Å². The van der Waals surface area contributed by atoms with E-state index in [-0.39, 0.29) is 5.41 Å². The van der Waals surface area contributed by atoms with E-state index in [1.807, 2.05) is 23.5 Å². The number of nitrogens with zero attached hydrogens (tertiary/aromatic N) is 1. The molecule has 1 aliphatic rings. The molecule has 0 bridgehead atoms. The van der Waals surface area contributed by atoms with Crippen LogP contribution >= 0.6 is 11.3 Å². The topological polar surface area (TPSA) is 25.6 Å². The van der Waals surface area contributed by atoms with Crippen LogP contribution in [-0.4, -0.2) is 0 Å². The van der Waals surface area contributed by atoms with Gasteiger partial charge in [0.1, 0.15) is 22.7 Å². The maximum Gasteiger partial charge on any atom is 0.140 e. The fraction of sp³-hybridized carbons (Fsp3) is 0.0588. The van der Waals surface area contributed by atoms with Crippen molar-refractivity contribution in [3.8, 4) is 33.8 Å². The number of para-hydroxylation sites is 1. The highest BCUT2D eigenvalue weighted by Gasteiger charge is 2.36. The molecule has 0 unspecified atom stereocenters. The highest BCUT2D eigenvalue weighted by molar-refractivity contribution is 7.25. The molecule has 0 spiro atoms. The Morgan fingerprint density at radius 3 is 1.84 bits per heavy atom. The normalized spacial score (nSPS) is 13.2. The van der Waals surface area contributed by atoms with Crippen LogP contribution in [0.4, 0.5) is 17.1 Å². The van der Waals surface area contributed by atoms with Gasteiger partial charge in [-0.25, -0.2) is 0 Å². The van der Waals surface area contributed by atoms with Gasteiger partial charge in [0.2, 0.25) is 0 Å². The summed E-state index contributed by atoms with van der Waals surface area (Å²) >= 11 is 1.83. The number of ether oxygens (including phenoxy) is 1. The van der Waals surface area contributed by atoms with Gasteiger partial charge in [-0.05, 0) is 82.9 Å². The van der Waals surface area contributed by atoms with E-state index in [1.54, 1.807) is 0 Å². The third-order valence-electron chi connectivity index (χ3n) is 11.3. The summed E-state index contributed by atoms with van der Waals surface area (Å²) in [6.45, 7) is 4.62. The van der Waals surface area contributed by atoms with E-state index < -0.39 is 0 Å². The molecule has 3 heterocycles. The molecule has 4 heteroatoms. The molecule has 0 amide bonds. The Morgan fingerprint density at radius 2 is 1.05 bits per heavy atom. The first-order valence-electron chi connectivity index (χ1n) is 18.7. The van der Waals surface area contributed by atoms with Crippen molar-refractivity contribution in [2.75, 3.05) is 4.90 Å². The van der Waals surface area contributed by atoms with Gasteiger partial charge < -0.3 is 14.1 Å². The summed E-state index contributed by atoms with van der Waals surface area (Å²) in [4.78, 5) is 2.30. The van der Waals surface area contributed by atoms with E-state index in [9.17, 15) is 0 Å². The molecule has 262 valence electrons. The summed E-state index contributed by atoms with van der Waals surface area (Å²) in [5, 5.41) is 4.71. The molecule has 0 fully saturated rings. The quantitative estimate of drug-likeness (QED) is 0.177. The second-order valence-electron chi connectivity index (χ2n) is 14.9. The lowest BCUT2D eigenvalue weighted by Crippen LogP contribution is -2.24. The van der Waals surface area contributed by atoms with Crippen molar-refractivity contribution in [3.05, 3.63) is 187 Å². The van der Waals surface area contributed by atoms with Gasteiger partial charge in [0.25, 0.3) is 0 Å². The van der Waals surface area contributed by atoms with E-state index in [0.717, 1.165) is 61.6 Å². The van der Waals surface area contributed by atoms with Crippen LogP contribution in [0.15, 0.2) is 180 Å². The fourth-order valence-corrected chi connectivity index (χ4v) is 9.58. The number of benzene rings is 8. The third-order valence-corrected chi connectivity index (χ3v) is 12.5. The zero-order valence-electron chi connectivity index (χ0n) is 30.4. The average molecular weight is 726 g/mol. The number of rotatable bonds is 5. The number of furan rings is 1. The van der Waals surface area contributed by atoms with E-state index in [2.05, 4.69) is 183 Å². The van der Waals surface area contributed by atoms with Gasteiger partial charge in [-0.1, -0.05) is 123 Å². The zero-order valence-corrected chi connectivity index (χ0v) is 31.2. The monoisotopic (exact) mass is 725 g/mol. The first kappa shape index (κ1) is 31.9. The second-order valence-corrected chi connectivity index (χ2v) is 16.0. The number of thiophene rings is 1. The maximum absolute atomic E-state index is 6.92. The highest BCUT2D eigenvalue weighted by Crippen LogP contribution is 2.53. The lowest BCUT2D eigenvalue weighted by molar-refractivity contribution is 0.423. The van der Waals surface area contributed by atoms with Crippen molar-refractivity contribution >= 4 is 70.5 Å². The summed E-state index contributed by atoms with van der Waals surface area (Å²) in [6.07, 6.45) is 0. The van der Waals surface area contributed by atoms with Crippen molar-refractivity contribution in [2.24, 2.45) is 0 Å². The maximum atomic E-state index is 6.92. The number of fused-ring (bicyclic) bond motifs is 9. The number of anilines is 3. The van der Waals surface area contributed by atoms with E-state index >= 15 is 0 Å². The first-order chi connectivity index (χ1) is 27.0. The minimum atomic E-state index is -0.208. The Morgan fingerprint density at radius 1 is 0.455 bits per heavy atom. The SMILES string of the molecule is CC1(C)c2ccc(-c3ccc(N(c4ccc(-c5ccccc5)cc4)c4ccc5c(c4)oc4ccccc45)cc3)cc2Oc2c1ccc1sc3ccccc3c21. The van der Waals surface area contributed by atoms with Crippen molar-refractivity contribution in [1.29, 1.82) is 0 Å². The minimum absolute atomic E-state index is 0.208. The molecule has 2 aromatic heterocycles. The van der Waals surface area contributed by atoms with Gasteiger partial charge in [-0.2, -0.15) is 0 Å². The smallest absolute Gasteiger partial charge is 0.140 e. The molecular formula is C51H35NO2S. The number of hydrogen-bond acceptors (Lipinski definition) is 4. The van der Waals surface area contributed by atoms with Crippen molar-refractivity contribution in [3.63, 3.8) is 0 Å². The van der Waals surface area contributed by atoms with Crippen molar-refractivity contribution in [1.82, 2.24) is 0 Å². The Bertz CT molecular complexity index is 3080. The molecule has 0 saturated carbocycles. The summed E-state index contributed by atoms with van der Waals surface area (Å²) in [7, 11) is 0. The Hall–Kier alpha value is -6.62. The molecule has 55 heavy (non-hydrogen) atoms. The van der Waals surface area contributed by atoms with Crippen LogP contribution in [0.1, 0.15) is 25.0 Å². The highest BCUT2D eigenvalue weighted by atomic mass is 32.1. The molecule has 10 aromatic rings. The van der Waals surface area contributed by atoms with E-state index in [1.165, 1.54) is 42.4 Å². The molecule has 0 N–H and O–H groups in total. The second kappa shape index (κ2) is 12.2. The summed E-state index contributed by atoms with van der Waals surface area (Å²) in [5.74, 6) is 1.90. The summed E-state index contributed by atoms with van der Waals surface area (Å²) in [6, 6.07) is 62.8. The van der Waals surface area contributed by atoms with Crippen LogP contribution in [0, 0.1) is 0 Å². The molecular weight excluding hydrogens is 691 g/mol. The molecule has 0 atom stereocenters. The van der Waals surface area contributed by atoms with Gasteiger partial charge in [-0.3, -0.25) is 0 Å². The van der Waals surface area contributed by atoms with Gasteiger partial charge in [0.05, 0.1) is 0 Å². The predicted molar refractivity (Wildman–Crippen MR) is 231 cm³/mol. The predicted octanol–water partition coefficient (Wildman–Crippen LogP) is 15.2. The average Bonchev–Trinajstić information content (AvgIpc) is 3.80. The largest absolute Gasteiger partial charge is 0.456 e. The standard InChI is InChI=1S/C51H35NO2S/c1-51(2)42-27-20-35(30-46(42)54-50-43(51)28-29-48-49(50)41-13-7-9-15-47(41)55-48)34-18-23-37(24-19-34)52(36-21-16-33(17-22-36)32-10-4-3-5-11-32)38-25-26-40-39-12-6-8-14-44(39)53-45(40)31-38/h3-31H,1-2H3. The summed E-state index contributed by atoms with van der Waals surface area (Å²) < 4.78 is 15.8. The molecule has 0 saturated heterocycles. The van der Waals surface area contributed by atoms with Gasteiger partial charge in [0, 0.05) is 70.6 Å².